The molecule has 4 heterocycles. The van der Waals surface area contributed by atoms with Crippen LogP contribution in [0.2, 0.25) is 5.15 Å². The average molecular weight is 414 g/mol. The Morgan fingerprint density at radius 2 is 2.07 bits per heavy atom. The minimum Gasteiger partial charge on any atom is -0.444 e. The number of carbonyl (C=O) groups is 1. The number of amides is 1. The molecule has 1 saturated heterocycles. The Labute approximate surface area is 174 Å². The molecule has 3 aromatic rings. The van der Waals surface area contributed by atoms with Gasteiger partial charge in [0.05, 0.1) is 11.9 Å². The molecule has 0 N–H and O–H groups in total. The van der Waals surface area contributed by atoms with Crippen molar-refractivity contribution in [2.45, 2.75) is 45.1 Å². The number of likely N-dealkylation sites (tertiary alicyclic amines) is 1. The van der Waals surface area contributed by atoms with E-state index in [1.165, 1.54) is 0 Å². The van der Waals surface area contributed by atoms with Gasteiger partial charge in [0.2, 0.25) is 0 Å². The molecule has 0 spiro atoms. The summed E-state index contributed by atoms with van der Waals surface area (Å²) in [5.41, 5.74) is 2.72. The number of nitrogens with zero attached hydrogens (tertiary/aromatic N) is 5. The largest absolute Gasteiger partial charge is 0.444 e. The van der Waals surface area contributed by atoms with Crippen molar-refractivity contribution in [3.05, 3.63) is 47.4 Å². The van der Waals surface area contributed by atoms with Crippen molar-refractivity contribution in [2.75, 3.05) is 13.1 Å². The highest BCUT2D eigenvalue weighted by Gasteiger charge is 2.29. The van der Waals surface area contributed by atoms with Crippen molar-refractivity contribution in [3.8, 4) is 11.4 Å². The van der Waals surface area contributed by atoms with Gasteiger partial charge in [-0.2, -0.15) is 5.10 Å². The maximum atomic E-state index is 12.5. The Hall–Kier alpha value is -2.67. The third-order valence-corrected chi connectivity index (χ3v) is 5.06. The van der Waals surface area contributed by atoms with E-state index in [0.29, 0.717) is 23.9 Å². The number of ether oxygens (including phenoxy) is 1. The Morgan fingerprint density at radius 3 is 2.86 bits per heavy atom. The van der Waals surface area contributed by atoms with Crippen LogP contribution in [0.3, 0.4) is 0 Å². The summed E-state index contributed by atoms with van der Waals surface area (Å²) in [7, 11) is 0. The first-order chi connectivity index (χ1) is 13.8. The first-order valence-corrected chi connectivity index (χ1v) is 10.1. The summed E-state index contributed by atoms with van der Waals surface area (Å²) in [5.74, 6) is 0.159. The molecule has 0 radical (unpaired) electrons. The van der Waals surface area contributed by atoms with Crippen LogP contribution in [0.5, 0.6) is 0 Å². The molecule has 1 unspecified atom stereocenters. The van der Waals surface area contributed by atoms with Crippen LogP contribution in [-0.4, -0.2) is 49.3 Å². The highest BCUT2D eigenvalue weighted by atomic mass is 35.5. The van der Waals surface area contributed by atoms with Gasteiger partial charge in [0.1, 0.15) is 16.4 Å². The predicted octanol–water partition coefficient (Wildman–Crippen LogP) is 4.56. The highest BCUT2D eigenvalue weighted by molar-refractivity contribution is 6.29. The van der Waals surface area contributed by atoms with E-state index in [1.807, 2.05) is 45.0 Å². The van der Waals surface area contributed by atoms with Crippen molar-refractivity contribution in [3.63, 3.8) is 0 Å². The maximum Gasteiger partial charge on any atom is 0.410 e. The lowest BCUT2D eigenvalue weighted by atomic mass is 9.94. The molecule has 8 heteroatoms. The van der Waals surface area contributed by atoms with Crippen LogP contribution >= 0.6 is 11.6 Å². The van der Waals surface area contributed by atoms with Crippen LogP contribution in [0.1, 0.15) is 45.2 Å². The van der Waals surface area contributed by atoms with Gasteiger partial charge >= 0.3 is 6.09 Å². The third-order valence-electron chi connectivity index (χ3n) is 4.85. The van der Waals surface area contributed by atoms with E-state index in [9.17, 15) is 4.79 Å². The van der Waals surface area contributed by atoms with Crippen molar-refractivity contribution >= 4 is 23.3 Å². The van der Waals surface area contributed by atoms with Crippen molar-refractivity contribution in [1.82, 2.24) is 24.5 Å². The predicted molar refractivity (Wildman–Crippen MR) is 111 cm³/mol. The normalized spacial score (nSPS) is 17.5. The summed E-state index contributed by atoms with van der Waals surface area (Å²) in [6.07, 6.45) is 3.38. The summed E-state index contributed by atoms with van der Waals surface area (Å²) in [6, 6.07) is 9.46. The third kappa shape index (κ3) is 4.34. The number of halogens is 1. The quantitative estimate of drug-likeness (QED) is 0.615. The van der Waals surface area contributed by atoms with Gasteiger partial charge in [-0.15, -0.1) is 0 Å². The van der Waals surface area contributed by atoms with Crippen LogP contribution in [0.4, 0.5) is 4.79 Å². The average Bonchev–Trinajstić information content (AvgIpc) is 3.10. The fraction of sp³-hybridized carbons (Fsp3) is 0.429. The Kier molecular flexibility index (Phi) is 5.17. The number of imidazole rings is 1. The standard InChI is InChI=1S/C21H24ClN5O2/c1-21(2,3)29-20(28)26-11-5-6-14(13-26)15-7-4-8-16(24-15)17-12-23-19-10-9-18(22)25-27(17)19/h4,7-10,12,14H,5-6,11,13H2,1-3H3. The second kappa shape index (κ2) is 7.63. The van der Waals surface area contributed by atoms with E-state index in [4.69, 9.17) is 21.3 Å². The fourth-order valence-corrected chi connectivity index (χ4v) is 3.70. The molecule has 1 atom stereocenters. The van der Waals surface area contributed by atoms with E-state index < -0.39 is 5.60 Å². The lowest BCUT2D eigenvalue weighted by Gasteiger charge is -2.34. The summed E-state index contributed by atoms with van der Waals surface area (Å²) in [5, 5.41) is 4.73. The van der Waals surface area contributed by atoms with Crippen molar-refractivity contribution < 1.29 is 9.53 Å². The first kappa shape index (κ1) is 19.6. The van der Waals surface area contributed by atoms with Crippen LogP contribution in [-0.2, 0) is 4.74 Å². The minimum absolute atomic E-state index is 0.159. The van der Waals surface area contributed by atoms with Gasteiger partial charge in [-0.1, -0.05) is 17.7 Å². The Morgan fingerprint density at radius 1 is 1.24 bits per heavy atom. The molecular weight excluding hydrogens is 390 g/mol. The van der Waals surface area contributed by atoms with Crippen LogP contribution in [0.15, 0.2) is 36.5 Å². The lowest BCUT2D eigenvalue weighted by molar-refractivity contribution is 0.0197. The zero-order chi connectivity index (χ0) is 20.6. The molecule has 7 nitrogen and oxygen atoms in total. The van der Waals surface area contributed by atoms with Crippen molar-refractivity contribution in [2.24, 2.45) is 0 Å². The molecule has 0 aliphatic carbocycles. The van der Waals surface area contributed by atoms with E-state index >= 15 is 0 Å². The molecule has 4 rings (SSSR count). The minimum atomic E-state index is -0.500. The summed E-state index contributed by atoms with van der Waals surface area (Å²) in [6.45, 7) is 6.96. The highest BCUT2D eigenvalue weighted by Crippen LogP contribution is 2.28. The van der Waals surface area contributed by atoms with Gasteiger partial charge in [0.15, 0.2) is 5.65 Å². The molecule has 0 bridgehead atoms. The first-order valence-electron chi connectivity index (χ1n) is 9.76. The maximum absolute atomic E-state index is 12.5. The summed E-state index contributed by atoms with van der Waals surface area (Å²) < 4.78 is 7.23. The fourth-order valence-electron chi connectivity index (χ4n) is 3.56. The molecule has 3 aromatic heterocycles. The van der Waals surface area contributed by atoms with Crippen LogP contribution in [0.25, 0.3) is 17.0 Å². The SMILES string of the molecule is CC(C)(C)OC(=O)N1CCCC(c2cccc(-c3cnc4ccc(Cl)nn34)n2)C1. The number of carbonyl (C=O) groups excluding carboxylic acids is 1. The number of fused-ring (bicyclic) bond motifs is 1. The number of piperidine rings is 1. The lowest BCUT2D eigenvalue weighted by Crippen LogP contribution is -2.42. The van der Waals surface area contributed by atoms with Gasteiger partial charge < -0.3 is 9.64 Å². The van der Waals surface area contributed by atoms with Gasteiger partial charge in [0.25, 0.3) is 0 Å². The second-order valence-electron chi connectivity index (χ2n) is 8.28. The summed E-state index contributed by atoms with van der Waals surface area (Å²) in [4.78, 5) is 23.5. The zero-order valence-corrected chi connectivity index (χ0v) is 17.6. The van der Waals surface area contributed by atoms with Gasteiger partial charge in [-0.25, -0.2) is 14.3 Å². The monoisotopic (exact) mass is 413 g/mol. The molecule has 0 aromatic carbocycles. The van der Waals surface area contributed by atoms with Gasteiger partial charge in [-0.05, 0) is 57.9 Å². The van der Waals surface area contributed by atoms with Crippen molar-refractivity contribution in [1.29, 1.82) is 0 Å². The van der Waals surface area contributed by atoms with Crippen LogP contribution in [0, 0.1) is 0 Å². The van der Waals surface area contributed by atoms with E-state index in [1.54, 1.807) is 21.7 Å². The Bertz CT molecular complexity index is 1040. The molecule has 1 fully saturated rings. The number of pyridine rings is 1. The molecule has 29 heavy (non-hydrogen) atoms. The molecule has 0 saturated carbocycles. The second-order valence-corrected chi connectivity index (χ2v) is 8.67. The topological polar surface area (TPSA) is 72.6 Å². The van der Waals surface area contributed by atoms with E-state index in [-0.39, 0.29) is 12.0 Å². The molecular formula is C21H24ClN5O2. The van der Waals surface area contributed by atoms with E-state index in [2.05, 4.69) is 10.1 Å². The molecule has 1 amide bonds. The molecule has 1 aliphatic heterocycles. The molecule has 1 aliphatic rings. The smallest absolute Gasteiger partial charge is 0.410 e. The number of hydrogen-bond acceptors (Lipinski definition) is 5. The van der Waals surface area contributed by atoms with Gasteiger partial charge in [0, 0.05) is 24.7 Å². The summed E-state index contributed by atoms with van der Waals surface area (Å²) >= 11 is 6.05. The Balaban J connectivity index is 1.58. The van der Waals surface area contributed by atoms with E-state index in [0.717, 1.165) is 29.9 Å². The number of aromatic nitrogens is 4. The number of rotatable bonds is 2. The van der Waals surface area contributed by atoms with Gasteiger partial charge in [-0.3, -0.25) is 4.98 Å². The molecule has 152 valence electrons. The number of hydrogen-bond donors (Lipinski definition) is 0. The van der Waals surface area contributed by atoms with Crippen LogP contribution < -0.4 is 0 Å². The zero-order valence-electron chi connectivity index (χ0n) is 16.8.